The van der Waals surface area contributed by atoms with E-state index in [1.165, 1.54) is 44.8 Å². The highest BCUT2D eigenvalue weighted by atomic mass is 35.5. The molecule has 2 heteroatoms. The van der Waals surface area contributed by atoms with Gasteiger partial charge in [-0.05, 0) is 52.1 Å². The van der Waals surface area contributed by atoms with Crippen LogP contribution in [-0.2, 0) is 5.41 Å². The van der Waals surface area contributed by atoms with Gasteiger partial charge >= 0.3 is 0 Å². The molecule has 0 saturated heterocycles. The highest BCUT2D eigenvalue weighted by Gasteiger charge is 2.43. The molecular weight excluding hydrogens is 422 g/mol. The van der Waals surface area contributed by atoms with Crippen LogP contribution in [0.15, 0.2) is 109 Å². The summed E-state index contributed by atoms with van der Waals surface area (Å²) < 4.78 is 2.45. The van der Waals surface area contributed by atoms with Crippen molar-refractivity contribution in [3.8, 4) is 39.3 Å². The van der Waals surface area contributed by atoms with Crippen molar-refractivity contribution in [1.29, 1.82) is 0 Å². The third-order valence-electron chi connectivity index (χ3n) is 6.83. The molecule has 1 aromatic heterocycles. The first-order valence-corrected chi connectivity index (χ1v) is 11.7. The van der Waals surface area contributed by atoms with Crippen molar-refractivity contribution in [2.24, 2.45) is 0 Å². The van der Waals surface area contributed by atoms with Gasteiger partial charge in [0.15, 0.2) is 0 Å². The Kier molecular flexibility index (Phi) is 4.57. The molecule has 0 atom stereocenters. The van der Waals surface area contributed by atoms with Crippen molar-refractivity contribution in [2.45, 2.75) is 19.3 Å². The number of para-hydroxylation sites is 1. The van der Waals surface area contributed by atoms with Crippen LogP contribution in [0.2, 0.25) is 5.02 Å². The summed E-state index contributed by atoms with van der Waals surface area (Å²) in [5.74, 6) is 0. The quantitative estimate of drug-likeness (QED) is 0.261. The van der Waals surface area contributed by atoms with Gasteiger partial charge in [0.1, 0.15) is 0 Å². The fraction of sp³-hybridized carbons (Fsp3) is 0.0968. The molecule has 0 amide bonds. The summed E-state index contributed by atoms with van der Waals surface area (Å²) in [5.41, 5.74) is 11.1. The molecule has 1 heterocycles. The topological polar surface area (TPSA) is 4.93 Å². The Labute approximate surface area is 199 Å². The summed E-state index contributed by atoms with van der Waals surface area (Å²) in [6.45, 7) is 4.67. The molecule has 0 N–H and O–H groups in total. The zero-order valence-corrected chi connectivity index (χ0v) is 19.5. The normalized spacial score (nSPS) is 13.5. The molecule has 0 radical (unpaired) electrons. The van der Waals surface area contributed by atoms with Gasteiger partial charge in [-0.1, -0.05) is 110 Å². The van der Waals surface area contributed by atoms with Crippen LogP contribution in [0.25, 0.3) is 39.3 Å². The highest BCUT2D eigenvalue weighted by Crippen LogP contribution is 2.58. The Balaban J connectivity index is 1.85. The second-order valence-electron chi connectivity index (χ2n) is 9.17. The van der Waals surface area contributed by atoms with E-state index in [-0.39, 0.29) is 5.41 Å². The summed E-state index contributed by atoms with van der Waals surface area (Å²) in [4.78, 5) is 0. The van der Waals surface area contributed by atoms with E-state index in [1.54, 1.807) is 0 Å². The molecule has 4 aromatic carbocycles. The Morgan fingerprint density at radius 2 is 1.18 bits per heavy atom. The Hall–Kier alpha value is -3.55. The summed E-state index contributed by atoms with van der Waals surface area (Å²) in [6.07, 6.45) is 0. The lowest BCUT2D eigenvalue weighted by molar-refractivity contribution is 0.660. The van der Waals surface area contributed by atoms with Gasteiger partial charge < -0.3 is 4.57 Å². The van der Waals surface area contributed by atoms with Crippen molar-refractivity contribution < 1.29 is 0 Å². The van der Waals surface area contributed by atoms with Gasteiger partial charge in [-0.3, -0.25) is 0 Å². The summed E-state index contributed by atoms with van der Waals surface area (Å²) in [7, 11) is 0. The van der Waals surface area contributed by atoms with Gasteiger partial charge in [0.05, 0.1) is 11.4 Å². The van der Waals surface area contributed by atoms with Gasteiger partial charge in [-0.15, -0.1) is 0 Å². The lowest BCUT2D eigenvalue weighted by Crippen LogP contribution is -2.17. The van der Waals surface area contributed by atoms with Crippen molar-refractivity contribution in [2.75, 3.05) is 0 Å². The van der Waals surface area contributed by atoms with Crippen LogP contribution in [0.3, 0.4) is 0 Å². The molecule has 0 spiro atoms. The lowest BCUT2D eigenvalue weighted by Gasteiger charge is -2.25. The standard InChI is InChI=1S/C31H24ClN/c1-31(2)26-19-18-23(32)20-25(26)27-28(31)30(22-14-8-4-9-15-22)33(24-16-10-5-11-17-24)29(27)21-12-6-3-7-13-21/h3-20H,1-2H3. The van der Waals surface area contributed by atoms with Crippen molar-refractivity contribution >= 4 is 11.6 Å². The minimum atomic E-state index is -0.163. The molecule has 0 fully saturated rings. The molecule has 160 valence electrons. The van der Waals surface area contributed by atoms with E-state index < -0.39 is 0 Å². The fourth-order valence-corrected chi connectivity index (χ4v) is 5.59. The Bertz CT molecular complexity index is 1460. The van der Waals surface area contributed by atoms with E-state index in [0.29, 0.717) is 0 Å². The second-order valence-corrected chi connectivity index (χ2v) is 9.60. The van der Waals surface area contributed by atoms with Crippen LogP contribution >= 0.6 is 11.6 Å². The maximum absolute atomic E-state index is 6.56. The maximum atomic E-state index is 6.56. The van der Waals surface area contributed by atoms with Gasteiger partial charge in [0.2, 0.25) is 0 Å². The number of benzene rings is 4. The summed E-state index contributed by atoms with van der Waals surface area (Å²) in [6, 6.07) is 38.5. The number of fused-ring (bicyclic) bond motifs is 3. The first-order chi connectivity index (χ1) is 16.1. The summed E-state index contributed by atoms with van der Waals surface area (Å²) >= 11 is 6.56. The third kappa shape index (κ3) is 3.00. The smallest absolute Gasteiger partial charge is 0.0616 e. The average Bonchev–Trinajstić information content (AvgIpc) is 3.32. The minimum Gasteiger partial charge on any atom is -0.308 e. The Morgan fingerprint density at radius 1 is 0.636 bits per heavy atom. The molecule has 0 saturated carbocycles. The predicted octanol–water partition coefficient (Wildman–Crippen LogP) is 8.77. The number of rotatable bonds is 3. The fourth-order valence-electron chi connectivity index (χ4n) is 5.42. The van der Waals surface area contributed by atoms with E-state index in [1.807, 2.05) is 6.07 Å². The van der Waals surface area contributed by atoms with E-state index in [0.717, 1.165) is 10.7 Å². The van der Waals surface area contributed by atoms with Crippen molar-refractivity contribution in [3.05, 3.63) is 125 Å². The molecule has 0 unspecified atom stereocenters. The predicted molar refractivity (Wildman–Crippen MR) is 139 cm³/mol. The van der Waals surface area contributed by atoms with Crippen LogP contribution in [0.5, 0.6) is 0 Å². The van der Waals surface area contributed by atoms with E-state index >= 15 is 0 Å². The van der Waals surface area contributed by atoms with Gasteiger partial charge in [0.25, 0.3) is 0 Å². The summed E-state index contributed by atoms with van der Waals surface area (Å²) in [5, 5.41) is 0.769. The van der Waals surface area contributed by atoms with Crippen LogP contribution < -0.4 is 0 Å². The molecule has 6 rings (SSSR count). The van der Waals surface area contributed by atoms with Crippen LogP contribution in [0.4, 0.5) is 0 Å². The lowest BCUT2D eigenvalue weighted by atomic mass is 9.81. The molecule has 0 bridgehead atoms. The largest absolute Gasteiger partial charge is 0.308 e. The first-order valence-electron chi connectivity index (χ1n) is 11.3. The van der Waals surface area contributed by atoms with E-state index in [4.69, 9.17) is 11.6 Å². The zero-order valence-electron chi connectivity index (χ0n) is 18.7. The van der Waals surface area contributed by atoms with Crippen LogP contribution in [-0.4, -0.2) is 4.57 Å². The SMILES string of the molecule is CC1(C)c2ccc(Cl)cc2-c2c1c(-c1ccccc1)n(-c1ccccc1)c2-c1ccccc1. The molecular formula is C31H24ClN. The zero-order chi connectivity index (χ0) is 22.6. The first kappa shape index (κ1) is 20.1. The third-order valence-corrected chi connectivity index (χ3v) is 7.06. The van der Waals surface area contributed by atoms with Crippen molar-refractivity contribution in [1.82, 2.24) is 4.57 Å². The van der Waals surface area contributed by atoms with Crippen LogP contribution in [0.1, 0.15) is 25.0 Å². The Morgan fingerprint density at radius 3 is 1.79 bits per heavy atom. The number of hydrogen-bond donors (Lipinski definition) is 0. The molecule has 0 aliphatic heterocycles. The minimum absolute atomic E-state index is 0.163. The van der Waals surface area contributed by atoms with E-state index in [9.17, 15) is 0 Å². The number of aromatic nitrogens is 1. The van der Waals surface area contributed by atoms with Gasteiger partial charge in [-0.25, -0.2) is 0 Å². The molecule has 1 aliphatic carbocycles. The molecule has 33 heavy (non-hydrogen) atoms. The van der Waals surface area contributed by atoms with E-state index in [2.05, 4.69) is 122 Å². The molecule has 1 nitrogen and oxygen atoms in total. The van der Waals surface area contributed by atoms with Crippen LogP contribution in [0, 0.1) is 0 Å². The number of nitrogens with zero attached hydrogens (tertiary/aromatic N) is 1. The molecule has 5 aromatic rings. The van der Waals surface area contributed by atoms with Gasteiger partial charge in [-0.2, -0.15) is 0 Å². The van der Waals surface area contributed by atoms with Gasteiger partial charge in [0, 0.05) is 21.7 Å². The second kappa shape index (κ2) is 7.50. The highest BCUT2D eigenvalue weighted by molar-refractivity contribution is 6.31. The number of halogens is 1. The monoisotopic (exact) mass is 445 g/mol. The maximum Gasteiger partial charge on any atom is 0.0616 e. The average molecular weight is 446 g/mol. The number of hydrogen-bond acceptors (Lipinski definition) is 0. The molecule has 1 aliphatic rings. The van der Waals surface area contributed by atoms with Crippen molar-refractivity contribution in [3.63, 3.8) is 0 Å².